The number of hydrogen-bond donors (Lipinski definition) is 1. The van der Waals surface area contributed by atoms with Crippen molar-refractivity contribution in [2.45, 2.75) is 44.0 Å². The van der Waals surface area contributed by atoms with Gasteiger partial charge in [0.15, 0.2) is 6.29 Å². The Balaban J connectivity index is 1.77. The fourth-order valence-electron chi connectivity index (χ4n) is 2.06. The van der Waals surface area contributed by atoms with Crippen LogP contribution in [-0.4, -0.2) is 30.2 Å². The Labute approximate surface area is 84.7 Å². The average Bonchev–Trinajstić information content (AvgIpc) is 2.69. The Hall–Kier alpha value is -0.380. The third-order valence-electron chi connectivity index (χ3n) is 2.91. The molecule has 1 atom stereocenters. The van der Waals surface area contributed by atoms with Crippen LogP contribution < -0.4 is 0 Å². The largest absolute Gasteiger partial charge is 0.386 e. The van der Waals surface area contributed by atoms with E-state index in [1.165, 1.54) is 0 Å². The summed E-state index contributed by atoms with van der Waals surface area (Å²) in [6.45, 7) is 1.39. The molecule has 1 aliphatic heterocycles. The van der Waals surface area contributed by atoms with Gasteiger partial charge in [0.25, 0.3) is 0 Å². The number of ether oxygens (including phenoxy) is 2. The van der Waals surface area contributed by atoms with Crippen molar-refractivity contribution in [2.75, 3.05) is 13.2 Å². The molecule has 0 aromatic carbocycles. The van der Waals surface area contributed by atoms with Crippen molar-refractivity contribution in [1.29, 1.82) is 0 Å². The van der Waals surface area contributed by atoms with Crippen LogP contribution in [0.15, 0.2) is 12.2 Å². The van der Waals surface area contributed by atoms with Crippen molar-refractivity contribution >= 4 is 0 Å². The normalized spacial score (nSPS) is 33.8. The van der Waals surface area contributed by atoms with Gasteiger partial charge in [-0.25, -0.2) is 0 Å². The molecule has 80 valence electrons. The Morgan fingerprint density at radius 1 is 1.36 bits per heavy atom. The van der Waals surface area contributed by atoms with Gasteiger partial charge >= 0.3 is 0 Å². The fraction of sp³-hybridized carbons (Fsp3) is 0.818. The second-order valence-electron chi connectivity index (χ2n) is 4.11. The lowest BCUT2D eigenvalue weighted by Gasteiger charge is -2.28. The van der Waals surface area contributed by atoms with Crippen molar-refractivity contribution in [2.24, 2.45) is 0 Å². The standard InChI is InChI=1S/C11H18O3/c12-11(5-2-1-3-6-11)7-4-10-13-8-9-14-10/h2,5,10,12H,1,3-4,6-9H2. The lowest BCUT2D eigenvalue weighted by atomic mass is 9.87. The first-order valence-electron chi connectivity index (χ1n) is 5.42. The summed E-state index contributed by atoms with van der Waals surface area (Å²) in [7, 11) is 0. The van der Waals surface area contributed by atoms with Gasteiger partial charge in [-0.15, -0.1) is 0 Å². The molecule has 0 radical (unpaired) electrons. The van der Waals surface area contributed by atoms with Crippen LogP contribution in [0.25, 0.3) is 0 Å². The lowest BCUT2D eigenvalue weighted by molar-refractivity contribution is -0.0618. The van der Waals surface area contributed by atoms with Gasteiger partial charge in [0, 0.05) is 6.42 Å². The van der Waals surface area contributed by atoms with E-state index in [4.69, 9.17) is 9.47 Å². The Morgan fingerprint density at radius 2 is 2.14 bits per heavy atom. The van der Waals surface area contributed by atoms with Gasteiger partial charge in [-0.1, -0.05) is 12.2 Å². The first-order valence-corrected chi connectivity index (χ1v) is 5.42. The summed E-state index contributed by atoms with van der Waals surface area (Å²) in [4.78, 5) is 0. The minimum Gasteiger partial charge on any atom is -0.386 e. The van der Waals surface area contributed by atoms with E-state index in [2.05, 4.69) is 6.08 Å². The number of hydrogen-bond acceptors (Lipinski definition) is 3. The van der Waals surface area contributed by atoms with Gasteiger partial charge in [0.05, 0.1) is 18.8 Å². The molecular formula is C11H18O3. The molecule has 1 saturated heterocycles. The van der Waals surface area contributed by atoms with E-state index in [0.717, 1.165) is 32.1 Å². The smallest absolute Gasteiger partial charge is 0.157 e. The first kappa shape index (κ1) is 10.1. The molecule has 0 aromatic rings. The van der Waals surface area contributed by atoms with Crippen LogP contribution in [0.5, 0.6) is 0 Å². The van der Waals surface area contributed by atoms with Crippen LogP contribution in [0.3, 0.4) is 0 Å². The predicted molar refractivity (Wildman–Crippen MR) is 52.9 cm³/mol. The first-order chi connectivity index (χ1) is 6.79. The average molecular weight is 198 g/mol. The Kier molecular flexibility index (Phi) is 3.21. The van der Waals surface area contributed by atoms with Crippen LogP contribution in [0.4, 0.5) is 0 Å². The highest BCUT2D eigenvalue weighted by Crippen LogP contribution is 2.28. The minimum atomic E-state index is -0.604. The minimum absolute atomic E-state index is 0.0886. The summed E-state index contributed by atoms with van der Waals surface area (Å²) in [6.07, 6.45) is 8.50. The van der Waals surface area contributed by atoms with Crippen molar-refractivity contribution in [1.82, 2.24) is 0 Å². The zero-order valence-corrected chi connectivity index (χ0v) is 8.45. The van der Waals surface area contributed by atoms with E-state index < -0.39 is 5.60 Å². The molecule has 3 nitrogen and oxygen atoms in total. The Bertz CT molecular complexity index is 209. The zero-order chi connectivity index (χ0) is 9.86. The van der Waals surface area contributed by atoms with Crippen LogP contribution in [0.2, 0.25) is 0 Å². The third kappa shape index (κ3) is 2.56. The zero-order valence-electron chi connectivity index (χ0n) is 8.45. The Morgan fingerprint density at radius 3 is 2.79 bits per heavy atom. The molecule has 2 rings (SSSR count). The molecule has 0 aromatic heterocycles. The molecule has 1 N–H and O–H groups in total. The molecule has 1 fully saturated rings. The van der Waals surface area contributed by atoms with Gasteiger partial charge < -0.3 is 14.6 Å². The summed E-state index contributed by atoms with van der Waals surface area (Å²) in [5.41, 5.74) is -0.604. The maximum Gasteiger partial charge on any atom is 0.157 e. The van der Waals surface area contributed by atoms with Crippen molar-refractivity contribution < 1.29 is 14.6 Å². The quantitative estimate of drug-likeness (QED) is 0.700. The molecule has 14 heavy (non-hydrogen) atoms. The lowest BCUT2D eigenvalue weighted by Crippen LogP contribution is -2.29. The van der Waals surface area contributed by atoms with E-state index >= 15 is 0 Å². The van der Waals surface area contributed by atoms with Crippen molar-refractivity contribution in [3.8, 4) is 0 Å². The van der Waals surface area contributed by atoms with Gasteiger partial charge in [0.2, 0.25) is 0 Å². The second kappa shape index (κ2) is 4.43. The van der Waals surface area contributed by atoms with Gasteiger partial charge in [-0.05, 0) is 25.7 Å². The molecule has 0 bridgehead atoms. The highest BCUT2D eigenvalue weighted by atomic mass is 16.7. The number of rotatable bonds is 3. The monoisotopic (exact) mass is 198 g/mol. The van der Waals surface area contributed by atoms with Crippen molar-refractivity contribution in [3.05, 3.63) is 12.2 Å². The predicted octanol–water partition coefficient (Wildman–Crippen LogP) is 1.61. The summed E-state index contributed by atoms with van der Waals surface area (Å²) in [5.74, 6) is 0. The number of allylic oxidation sites excluding steroid dienone is 1. The van der Waals surface area contributed by atoms with Crippen LogP contribution in [-0.2, 0) is 9.47 Å². The summed E-state index contributed by atoms with van der Waals surface area (Å²) < 4.78 is 10.7. The topological polar surface area (TPSA) is 38.7 Å². The molecule has 0 saturated carbocycles. The van der Waals surface area contributed by atoms with Crippen LogP contribution >= 0.6 is 0 Å². The molecule has 0 spiro atoms. The second-order valence-corrected chi connectivity index (χ2v) is 4.11. The molecule has 1 aliphatic carbocycles. The molecule has 3 heteroatoms. The highest BCUT2D eigenvalue weighted by Gasteiger charge is 2.27. The van der Waals surface area contributed by atoms with Crippen LogP contribution in [0.1, 0.15) is 32.1 Å². The van der Waals surface area contributed by atoms with Gasteiger partial charge in [-0.3, -0.25) is 0 Å². The number of aliphatic hydroxyl groups is 1. The summed E-state index contributed by atoms with van der Waals surface area (Å²) in [5, 5.41) is 10.1. The fourth-order valence-corrected chi connectivity index (χ4v) is 2.06. The van der Waals surface area contributed by atoms with Crippen LogP contribution in [0, 0.1) is 0 Å². The van der Waals surface area contributed by atoms with Crippen molar-refractivity contribution in [3.63, 3.8) is 0 Å². The summed E-state index contributed by atoms with van der Waals surface area (Å²) >= 11 is 0. The van der Waals surface area contributed by atoms with E-state index in [9.17, 15) is 5.11 Å². The van der Waals surface area contributed by atoms with E-state index in [1.54, 1.807) is 0 Å². The van der Waals surface area contributed by atoms with E-state index in [-0.39, 0.29) is 6.29 Å². The van der Waals surface area contributed by atoms with E-state index in [0.29, 0.717) is 13.2 Å². The molecule has 2 aliphatic rings. The van der Waals surface area contributed by atoms with E-state index in [1.807, 2.05) is 6.08 Å². The molecular weight excluding hydrogens is 180 g/mol. The molecule has 1 unspecified atom stereocenters. The maximum atomic E-state index is 10.1. The highest BCUT2D eigenvalue weighted by molar-refractivity contribution is 5.04. The summed E-state index contributed by atoms with van der Waals surface area (Å²) in [6, 6.07) is 0. The SMILES string of the molecule is OC1(CCC2OCCO2)C=CCCC1. The molecule has 0 amide bonds. The third-order valence-corrected chi connectivity index (χ3v) is 2.91. The molecule has 1 heterocycles. The van der Waals surface area contributed by atoms with Gasteiger partial charge in [-0.2, -0.15) is 0 Å². The maximum absolute atomic E-state index is 10.1. The van der Waals surface area contributed by atoms with Gasteiger partial charge in [0.1, 0.15) is 0 Å².